The van der Waals surface area contributed by atoms with Crippen molar-refractivity contribution < 1.29 is 4.74 Å². The first-order valence-electron chi connectivity index (χ1n) is 7.99. The van der Waals surface area contributed by atoms with Crippen LogP contribution >= 0.6 is 23.8 Å². The second-order valence-corrected chi connectivity index (χ2v) is 6.62. The number of ether oxygens (including phenoxy) is 1. The van der Waals surface area contributed by atoms with Crippen molar-refractivity contribution in [3.8, 4) is 5.75 Å². The minimum atomic E-state index is 0.535. The lowest BCUT2D eigenvalue weighted by Crippen LogP contribution is -2.34. The Kier molecular flexibility index (Phi) is 5.52. The molecule has 1 heterocycles. The van der Waals surface area contributed by atoms with Gasteiger partial charge in [-0.05, 0) is 61.2 Å². The van der Waals surface area contributed by atoms with Crippen LogP contribution in [0.1, 0.15) is 30.4 Å². The van der Waals surface area contributed by atoms with Gasteiger partial charge in [-0.15, -0.1) is 0 Å². The second kappa shape index (κ2) is 7.80. The maximum atomic E-state index is 5.88. The summed E-state index contributed by atoms with van der Waals surface area (Å²) in [6, 6.07) is 15.8. The summed E-state index contributed by atoms with van der Waals surface area (Å²) in [4.78, 5) is 3.26. The summed E-state index contributed by atoms with van der Waals surface area (Å²) in [5.74, 6) is 0.852. The number of benzene rings is 2. The van der Waals surface area contributed by atoms with Crippen LogP contribution in [0.3, 0.4) is 0 Å². The highest BCUT2D eigenvalue weighted by atomic mass is 35.5. The van der Waals surface area contributed by atoms with Gasteiger partial charge in [-0.25, -0.2) is 0 Å². The molecule has 4 heteroatoms. The molecule has 2 nitrogen and oxygen atoms in total. The summed E-state index contributed by atoms with van der Waals surface area (Å²) in [5, 5.41) is 0.740. The molecule has 0 aromatic heterocycles. The molecule has 1 fully saturated rings. The molecule has 0 amide bonds. The van der Waals surface area contributed by atoms with Crippen LogP contribution in [0.25, 0.3) is 0 Å². The SMILES string of the molecule is S=C(c1ccc(OCc2ccc(Cl)cc2)cc1)N1CCCCC1. The Labute approximate surface area is 148 Å². The third kappa shape index (κ3) is 4.46. The van der Waals surface area contributed by atoms with Crippen molar-refractivity contribution in [2.75, 3.05) is 13.1 Å². The van der Waals surface area contributed by atoms with Crippen molar-refractivity contribution in [3.63, 3.8) is 0 Å². The molecular weight excluding hydrogens is 326 g/mol. The van der Waals surface area contributed by atoms with Gasteiger partial charge in [-0.1, -0.05) is 36.0 Å². The van der Waals surface area contributed by atoms with Crippen LogP contribution < -0.4 is 4.74 Å². The van der Waals surface area contributed by atoms with Gasteiger partial charge < -0.3 is 9.64 Å². The fourth-order valence-electron chi connectivity index (χ4n) is 2.72. The molecule has 3 rings (SSSR count). The van der Waals surface area contributed by atoms with E-state index in [1.165, 1.54) is 19.3 Å². The standard InChI is InChI=1S/C19H20ClNOS/c20-17-8-4-15(5-9-17)14-22-18-10-6-16(7-11-18)19(23)21-12-2-1-3-13-21/h4-11H,1-3,12-14H2. The third-order valence-electron chi connectivity index (χ3n) is 4.06. The van der Waals surface area contributed by atoms with Crippen molar-refractivity contribution in [2.24, 2.45) is 0 Å². The largest absolute Gasteiger partial charge is 0.489 e. The van der Waals surface area contributed by atoms with Crippen molar-refractivity contribution in [1.82, 2.24) is 4.90 Å². The first-order valence-corrected chi connectivity index (χ1v) is 8.77. The molecule has 1 aliphatic rings. The number of nitrogens with zero attached hydrogens (tertiary/aromatic N) is 1. The average Bonchev–Trinajstić information content (AvgIpc) is 2.62. The summed E-state index contributed by atoms with van der Waals surface area (Å²) < 4.78 is 5.81. The molecule has 0 unspecified atom stereocenters. The van der Waals surface area contributed by atoms with Gasteiger partial charge in [0, 0.05) is 23.7 Å². The van der Waals surface area contributed by atoms with E-state index in [9.17, 15) is 0 Å². The van der Waals surface area contributed by atoms with Gasteiger partial charge in [0.15, 0.2) is 0 Å². The molecule has 0 N–H and O–H groups in total. The molecule has 0 spiro atoms. The van der Waals surface area contributed by atoms with Crippen molar-refractivity contribution in [3.05, 3.63) is 64.7 Å². The topological polar surface area (TPSA) is 12.5 Å². The third-order valence-corrected chi connectivity index (χ3v) is 4.81. The molecular formula is C19H20ClNOS. The summed E-state index contributed by atoms with van der Waals surface area (Å²) in [6.07, 6.45) is 3.79. The number of hydrogen-bond acceptors (Lipinski definition) is 2. The van der Waals surface area contributed by atoms with E-state index in [1.54, 1.807) is 0 Å². The van der Waals surface area contributed by atoms with Crippen LogP contribution in [0.5, 0.6) is 5.75 Å². The molecule has 23 heavy (non-hydrogen) atoms. The molecule has 2 aromatic carbocycles. The molecule has 1 saturated heterocycles. The number of rotatable bonds is 4. The lowest BCUT2D eigenvalue weighted by molar-refractivity contribution is 0.306. The zero-order valence-electron chi connectivity index (χ0n) is 13.0. The normalized spacial score (nSPS) is 14.6. The minimum absolute atomic E-state index is 0.535. The van der Waals surface area contributed by atoms with Gasteiger partial charge in [-0.3, -0.25) is 0 Å². The second-order valence-electron chi connectivity index (χ2n) is 5.79. The molecule has 0 atom stereocenters. The number of thiocarbonyl (C=S) groups is 1. The quantitative estimate of drug-likeness (QED) is 0.717. The Morgan fingerprint density at radius 2 is 1.61 bits per heavy atom. The Morgan fingerprint density at radius 1 is 0.957 bits per heavy atom. The van der Waals surface area contributed by atoms with E-state index >= 15 is 0 Å². The first kappa shape index (κ1) is 16.3. The highest BCUT2D eigenvalue weighted by molar-refractivity contribution is 7.80. The van der Waals surface area contributed by atoms with Crippen molar-refractivity contribution >= 4 is 28.8 Å². The van der Waals surface area contributed by atoms with Gasteiger partial charge in [0.1, 0.15) is 17.3 Å². The van der Waals surface area contributed by atoms with Gasteiger partial charge in [0.05, 0.1) is 0 Å². The Balaban J connectivity index is 1.58. The fourth-order valence-corrected chi connectivity index (χ4v) is 3.17. The van der Waals surface area contributed by atoms with Gasteiger partial charge in [0.2, 0.25) is 0 Å². The maximum absolute atomic E-state index is 5.88. The van der Waals surface area contributed by atoms with Crippen LogP contribution in [-0.4, -0.2) is 23.0 Å². The number of piperidine rings is 1. The summed E-state index contributed by atoms with van der Waals surface area (Å²) in [5.41, 5.74) is 2.20. The number of hydrogen-bond donors (Lipinski definition) is 0. The van der Waals surface area contributed by atoms with E-state index < -0.39 is 0 Å². The van der Waals surface area contributed by atoms with Gasteiger partial charge in [0.25, 0.3) is 0 Å². The van der Waals surface area contributed by atoms with Crippen LogP contribution in [0, 0.1) is 0 Å². The molecule has 1 aliphatic heterocycles. The van der Waals surface area contributed by atoms with E-state index in [1.807, 2.05) is 48.5 Å². The van der Waals surface area contributed by atoms with Crippen LogP contribution in [0.15, 0.2) is 48.5 Å². The lowest BCUT2D eigenvalue weighted by atomic mass is 10.1. The van der Waals surface area contributed by atoms with E-state index in [4.69, 9.17) is 28.6 Å². The van der Waals surface area contributed by atoms with Gasteiger partial charge in [-0.2, -0.15) is 0 Å². The molecule has 0 bridgehead atoms. The van der Waals surface area contributed by atoms with E-state index in [0.29, 0.717) is 6.61 Å². The summed E-state index contributed by atoms with van der Waals surface area (Å²) in [7, 11) is 0. The lowest BCUT2D eigenvalue weighted by Gasteiger charge is -2.29. The number of halogens is 1. The van der Waals surface area contributed by atoms with Crippen LogP contribution in [-0.2, 0) is 6.61 Å². The Morgan fingerprint density at radius 3 is 2.26 bits per heavy atom. The monoisotopic (exact) mass is 345 g/mol. The van der Waals surface area contributed by atoms with E-state index in [2.05, 4.69) is 4.90 Å². The minimum Gasteiger partial charge on any atom is -0.489 e. The Hall–Kier alpha value is -1.58. The number of likely N-dealkylation sites (tertiary alicyclic amines) is 1. The zero-order valence-corrected chi connectivity index (χ0v) is 14.6. The maximum Gasteiger partial charge on any atom is 0.119 e. The van der Waals surface area contributed by atoms with Crippen molar-refractivity contribution in [1.29, 1.82) is 0 Å². The Bertz CT molecular complexity index is 648. The van der Waals surface area contributed by atoms with Crippen molar-refractivity contribution in [2.45, 2.75) is 25.9 Å². The molecule has 0 saturated carbocycles. The highest BCUT2D eigenvalue weighted by Crippen LogP contribution is 2.19. The van der Waals surface area contributed by atoms with E-state index in [0.717, 1.165) is 40.0 Å². The predicted octanol–water partition coefficient (Wildman–Crippen LogP) is 5.08. The van der Waals surface area contributed by atoms with Crippen LogP contribution in [0.2, 0.25) is 5.02 Å². The predicted molar refractivity (Wildman–Crippen MR) is 99.4 cm³/mol. The molecule has 0 radical (unpaired) electrons. The average molecular weight is 346 g/mol. The fraction of sp³-hybridized carbons (Fsp3) is 0.316. The van der Waals surface area contributed by atoms with Crippen LogP contribution in [0.4, 0.5) is 0 Å². The molecule has 0 aliphatic carbocycles. The van der Waals surface area contributed by atoms with E-state index in [-0.39, 0.29) is 0 Å². The van der Waals surface area contributed by atoms with Gasteiger partial charge >= 0.3 is 0 Å². The first-order chi connectivity index (χ1) is 11.2. The molecule has 120 valence electrons. The summed E-state index contributed by atoms with van der Waals surface area (Å²) in [6.45, 7) is 2.69. The highest BCUT2D eigenvalue weighted by Gasteiger charge is 2.14. The summed E-state index contributed by atoms with van der Waals surface area (Å²) >= 11 is 11.5. The zero-order chi connectivity index (χ0) is 16.1. The smallest absolute Gasteiger partial charge is 0.119 e. The molecule has 2 aromatic rings.